The number of carboxylic acid groups (broad SMARTS) is 1. The molecule has 118 valence electrons. The van der Waals surface area contributed by atoms with Crippen LogP contribution in [0.15, 0.2) is 18.2 Å². The molecule has 0 spiro atoms. The Morgan fingerprint density at radius 3 is 1.81 bits per heavy atom. The van der Waals surface area contributed by atoms with Gasteiger partial charge in [0.1, 0.15) is 12.4 Å². The van der Waals surface area contributed by atoms with Crippen LogP contribution in [0.3, 0.4) is 0 Å². The van der Waals surface area contributed by atoms with E-state index in [9.17, 15) is 4.79 Å². The molecule has 0 heterocycles. The van der Waals surface area contributed by atoms with E-state index < -0.39 is 11.9 Å². The molecule has 0 saturated heterocycles. The molecule has 21 heavy (non-hydrogen) atoms. The number of hydrogen-bond donors (Lipinski definition) is 1. The zero-order valence-corrected chi connectivity index (χ0v) is 14.3. The van der Waals surface area contributed by atoms with E-state index in [1.54, 1.807) is 6.92 Å². The molecule has 0 aliphatic heterocycles. The van der Waals surface area contributed by atoms with Crippen molar-refractivity contribution in [3.8, 4) is 5.75 Å². The number of carboxylic acids is 1. The van der Waals surface area contributed by atoms with E-state index >= 15 is 0 Å². The van der Waals surface area contributed by atoms with Crippen molar-refractivity contribution >= 4 is 5.97 Å². The molecule has 1 rings (SSSR count). The van der Waals surface area contributed by atoms with Crippen LogP contribution in [0.4, 0.5) is 0 Å². The topological polar surface area (TPSA) is 46.5 Å². The summed E-state index contributed by atoms with van der Waals surface area (Å²) in [6.45, 7) is 14.8. The molecular weight excluding hydrogens is 264 g/mol. The smallest absolute Gasteiger partial charge is 0.309 e. The number of aliphatic carboxylic acids is 1. The molecule has 0 radical (unpaired) electrons. The van der Waals surface area contributed by atoms with Crippen LogP contribution >= 0.6 is 0 Å². The summed E-state index contributed by atoms with van der Waals surface area (Å²) in [5.74, 6) is -0.597. The maximum atomic E-state index is 10.9. The van der Waals surface area contributed by atoms with E-state index in [-0.39, 0.29) is 17.4 Å². The van der Waals surface area contributed by atoms with Crippen LogP contribution < -0.4 is 4.74 Å². The Hall–Kier alpha value is -1.51. The number of ether oxygens (including phenoxy) is 1. The van der Waals surface area contributed by atoms with Crippen molar-refractivity contribution < 1.29 is 14.6 Å². The highest BCUT2D eigenvalue weighted by Gasteiger charge is 2.21. The average Bonchev–Trinajstić information content (AvgIpc) is 2.33. The van der Waals surface area contributed by atoms with Crippen LogP contribution in [0.2, 0.25) is 0 Å². The molecule has 1 N–H and O–H groups in total. The quantitative estimate of drug-likeness (QED) is 0.895. The van der Waals surface area contributed by atoms with Gasteiger partial charge in [-0.15, -0.1) is 0 Å². The predicted molar refractivity (Wildman–Crippen MR) is 86.1 cm³/mol. The summed E-state index contributed by atoms with van der Waals surface area (Å²) in [6, 6.07) is 6.25. The van der Waals surface area contributed by atoms with Gasteiger partial charge in [-0.3, -0.25) is 4.79 Å². The Bertz CT molecular complexity index is 472. The highest BCUT2D eigenvalue weighted by molar-refractivity contribution is 5.69. The standard InChI is InChI=1S/C18H28O3/c1-12(16(19)20)11-21-15-9-13(17(2,3)4)8-14(10-15)18(5,6)7/h8-10,12H,11H2,1-7H3,(H,19,20). The van der Waals surface area contributed by atoms with E-state index in [1.807, 2.05) is 12.1 Å². The van der Waals surface area contributed by atoms with Gasteiger partial charge in [-0.2, -0.15) is 0 Å². The van der Waals surface area contributed by atoms with Gasteiger partial charge in [0.05, 0.1) is 5.92 Å². The normalized spacial score (nSPS) is 13.9. The minimum atomic E-state index is -0.835. The summed E-state index contributed by atoms with van der Waals surface area (Å²) < 4.78 is 5.72. The second-order valence-electron chi connectivity index (χ2n) is 7.80. The van der Waals surface area contributed by atoms with Crippen molar-refractivity contribution in [2.45, 2.75) is 59.3 Å². The molecule has 3 nitrogen and oxygen atoms in total. The van der Waals surface area contributed by atoms with E-state index in [0.29, 0.717) is 0 Å². The first kappa shape index (κ1) is 17.5. The van der Waals surface area contributed by atoms with Crippen molar-refractivity contribution in [3.63, 3.8) is 0 Å². The number of rotatable bonds is 4. The first-order valence-corrected chi connectivity index (χ1v) is 7.43. The van der Waals surface area contributed by atoms with Crippen molar-refractivity contribution in [3.05, 3.63) is 29.3 Å². The summed E-state index contributed by atoms with van der Waals surface area (Å²) in [5, 5.41) is 8.95. The number of hydrogen-bond acceptors (Lipinski definition) is 2. The van der Waals surface area contributed by atoms with Crippen molar-refractivity contribution in [2.75, 3.05) is 6.61 Å². The van der Waals surface area contributed by atoms with Gasteiger partial charge in [0.2, 0.25) is 0 Å². The molecule has 1 aromatic rings. The lowest BCUT2D eigenvalue weighted by Crippen LogP contribution is -2.20. The van der Waals surface area contributed by atoms with Gasteiger partial charge in [-0.25, -0.2) is 0 Å². The average molecular weight is 292 g/mol. The van der Waals surface area contributed by atoms with E-state index in [1.165, 1.54) is 11.1 Å². The highest BCUT2D eigenvalue weighted by Crippen LogP contribution is 2.33. The molecule has 0 aliphatic rings. The fraction of sp³-hybridized carbons (Fsp3) is 0.611. The van der Waals surface area contributed by atoms with Gasteiger partial charge >= 0.3 is 5.97 Å². The zero-order chi connectivity index (χ0) is 16.4. The second kappa shape index (κ2) is 6.08. The molecule has 3 heteroatoms. The lowest BCUT2D eigenvalue weighted by atomic mass is 9.80. The van der Waals surface area contributed by atoms with Gasteiger partial charge in [0, 0.05) is 0 Å². The van der Waals surface area contributed by atoms with Gasteiger partial charge in [-0.1, -0.05) is 47.6 Å². The summed E-state index contributed by atoms with van der Waals surface area (Å²) in [5.41, 5.74) is 2.45. The van der Waals surface area contributed by atoms with Crippen LogP contribution in [-0.4, -0.2) is 17.7 Å². The largest absolute Gasteiger partial charge is 0.493 e. The lowest BCUT2D eigenvalue weighted by molar-refractivity contribution is -0.142. The second-order valence-corrected chi connectivity index (χ2v) is 7.80. The van der Waals surface area contributed by atoms with Crippen LogP contribution in [0.5, 0.6) is 5.75 Å². The SMILES string of the molecule is CC(COc1cc(C(C)(C)C)cc(C(C)(C)C)c1)C(=O)O. The van der Waals surface area contributed by atoms with Gasteiger partial charge in [-0.05, 0) is 41.0 Å². The van der Waals surface area contributed by atoms with E-state index in [2.05, 4.69) is 47.6 Å². The maximum Gasteiger partial charge on any atom is 0.309 e. The molecular formula is C18H28O3. The molecule has 1 aromatic carbocycles. The first-order chi connectivity index (χ1) is 9.41. The Morgan fingerprint density at radius 1 is 1.05 bits per heavy atom. The lowest BCUT2D eigenvalue weighted by Gasteiger charge is -2.26. The maximum absolute atomic E-state index is 10.9. The molecule has 0 bridgehead atoms. The van der Waals surface area contributed by atoms with E-state index in [0.717, 1.165) is 5.75 Å². The van der Waals surface area contributed by atoms with Crippen molar-refractivity contribution in [1.29, 1.82) is 0 Å². The Balaban J connectivity index is 3.11. The Morgan fingerprint density at radius 2 is 1.48 bits per heavy atom. The summed E-state index contributed by atoms with van der Waals surface area (Å²) >= 11 is 0. The van der Waals surface area contributed by atoms with Gasteiger partial charge in [0.25, 0.3) is 0 Å². The summed E-state index contributed by atoms with van der Waals surface area (Å²) in [4.78, 5) is 10.9. The van der Waals surface area contributed by atoms with Crippen LogP contribution in [0.1, 0.15) is 59.6 Å². The Labute approximate surface area is 128 Å². The molecule has 1 unspecified atom stereocenters. The minimum Gasteiger partial charge on any atom is -0.493 e. The van der Waals surface area contributed by atoms with E-state index in [4.69, 9.17) is 9.84 Å². The fourth-order valence-electron chi connectivity index (χ4n) is 1.84. The van der Waals surface area contributed by atoms with Crippen LogP contribution in [0.25, 0.3) is 0 Å². The summed E-state index contributed by atoms with van der Waals surface area (Å²) in [7, 11) is 0. The highest BCUT2D eigenvalue weighted by atomic mass is 16.5. The molecule has 0 aromatic heterocycles. The first-order valence-electron chi connectivity index (χ1n) is 7.43. The fourth-order valence-corrected chi connectivity index (χ4v) is 1.84. The van der Waals surface area contributed by atoms with Crippen molar-refractivity contribution in [2.24, 2.45) is 5.92 Å². The van der Waals surface area contributed by atoms with Gasteiger partial charge in [0.15, 0.2) is 0 Å². The molecule has 0 aliphatic carbocycles. The number of benzene rings is 1. The van der Waals surface area contributed by atoms with Crippen LogP contribution in [-0.2, 0) is 15.6 Å². The van der Waals surface area contributed by atoms with Crippen molar-refractivity contribution in [1.82, 2.24) is 0 Å². The monoisotopic (exact) mass is 292 g/mol. The summed E-state index contributed by atoms with van der Waals surface area (Å²) in [6.07, 6.45) is 0. The molecule has 0 saturated carbocycles. The third-order valence-corrected chi connectivity index (χ3v) is 3.56. The third-order valence-electron chi connectivity index (χ3n) is 3.56. The zero-order valence-electron chi connectivity index (χ0n) is 14.3. The molecule has 0 amide bonds. The third kappa shape index (κ3) is 5.07. The predicted octanol–water partition coefficient (Wildman–Crippen LogP) is 4.38. The number of carbonyl (C=O) groups is 1. The molecule has 0 fully saturated rings. The van der Waals surface area contributed by atoms with Crippen LogP contribution in [0, 0.1) is 5.92 Å². The minimum absolute atomic E-state index is 0.0256. The van der Waals surface area contributed by atoms with Gasteiger partial charge < -0.3 is 9.84 Å². The Kier molecular flexibility index (Phi) is 5.08. The molecule has 1 atom stereocenters.